The van der Waals surface area contributed by atoms with Gasteiger partial charge in [-0.3, -0.25) is 0 Å². The van der Waals surface area contributed by atoms with Crippen LogP contribution < -0.4 is 10.1 Å². The van der Waals surface area contributed by atoms with Crippen LogP contribution in [0.1, 0.15) is 29.5 Å². The molecule has 2 aromatic rings. The standard InChI is InChI=1S/C19H19NO3/c1-23-12-6-8-17-16(10-12)13-3-2-4-14(13)19(20-17)15-7-5-11(21)9-18(15)22/h2-3,5-10,13-14,19-22H,4H2,1H3. The lowest BCUT2D eigenvalue weighted by Gasteiger charge is -2.37. The molecule has 1 aliphatic carbocycles. The molecule has 4 heteroatoms. The van der Waals surface area contributed by atoms with E-state index in [1.54, 1.807) is 19.2 Å². The Morgan fingerprint density at radius 3 is 2.74 bits per heavy atom. The highest BCUT2D eigenvalue weighted by Crippen LogP contribution is 2.51. The maximum absolute atomic E-state index is 10.3. The van der Waals surface area contributed by atoms with Gasteiger partial charge in [0.25, 0.3) is 0 Å². The molecule has 2 aromatic carbocycles. The number of rotatable bonds is 2. The molecular formula is C19H19NO3. The van der Waals surface area contributed by atoms with E-state index in [0.717, 1.165) is 23.4 Å². The van der Waals surface area contributed by atoms with Crippen molar-refractivity contribution in [2.75, 3.05) is 12.4 Å². The Labute approximate surface area is 135 Å². The lowest BCUT2D eigenvalue weighted by Crippen LogP contribution is -2.29. The van der Waals surface area contributed by atoms with Crippen LogP contribution in [0.5, 0.6) is 17.2 Å². The molecule has 0 bridgehead atoms. The maximum atomic E-state index is 10.3. The van der Waals surface area contributed by atoms with Gasteiger partial charge in [-0.2, -0.15) is 0 Å². The topological polar surface area (TPSA) is 61.7 Å². The second-order valence-corrected chi connectivity index (χ2v) is 6.17. The minimum absolute atomic E-state index is 0.0106. The number of ether oxygens (including phenoxy) is 1. The van der Waals surface area contributed by atoms with Gasteiger partial charge >= 0.3 is 0 Å². The van der Waals surface area contributed by atoms with Gasteiger partial charge in [-0.05, 0) is 48.2 Å². The fraction of sp³-hybridized carbons (Fsp3) is 0.263. The van der Waals surface area contributed by atoms with Crippen molar-refractivity contribution in [3.8, 4) is 17.2 Å². The average Bonchev–Trinajstić information content (AvgIpc) is 3.04. The van der Waals surface area contributed by atoms with E-state index in [4.69, 9.17) is 4.74 Å². The quantitative estimate of drug-likeness (QED) is 0.736. The highest BCUT2D eigenvalue weighted by atomic mass is 16.5. The second-order valence-electron chi connectivity index (χ2n) is 6.17. The van der Waals surface area contributed by atoms with Crippen LogP contribution in [0.15, 0.2) is 48.6 Å². The van der Waals surface area contributed by atoms with Crippen molar-refractivity contribution in [3.63, 3.8) is 0 Å². The van der Waals surface area contributed by atoms with Crippen molar-refractivity contribution in [1.82, 2.24) is 0 Å². The molecule has 1 aliphatic heterocycles. The Morgan fingerprint density at radius 1 is 1.09 bits per heavy atom. The number of phenols is 2. The number of hydrogen-bond acceptors (Lipinski definition) is 4. The summed E-state index contributed by atoms with van der Waals surface area (Å²) in [6.45, 7) is 0. The van der Waals surface area contributed by atoms with Gasteiger partial charge in [-0.15, -0.1) is 0 Å². The van der Waals surface area contributed by atoms with Crippen molar-refractivity contribution in [3.05, 3.63) is 59.7 Å². The molecule has 0 saturated carbocycles. The zero-order chi connectivity index (χ0) is 16.0. The van der Waals surface area contributed by atoms with Crippen LogP contribution in [0.3, 0.4) is 0 Å². The second kappa shape index (κ2) is 5.23. The summed E-state index contributed by atoms with van der Waals surface area (Å²) < 4.78 is 5.35. The van der Waals surface area contributed by atoms with Crippen LogP contribution in [0.4, 0.5) is 5.69 Å². The van der Waals surface area contributed by atoms with Gasteiger partial charge in [0.15, 0.2) is 0 Å². The van der Waals surface area contributed by atoms with Crippen molar-refractivity contribution in [2.24, 2.45) is 5.92 Å². The predicted octanol–water partition coefficient (Wildman–Crippen LogP) is 3.93. The maximum Gasteiger partial charge on any atom is 0.124 e. The Morgan fingerprint density at radius 2 is 1.96 bits per heavy atom. The first-order valence-electron chi connectivity index (χ1n) is 7.80. The molecule has 23 heavy (non-hydrogen) atoms. The Balaban J connectivity index is 1.79. The van der Waals surface area contributed by atoms with E-state index in [2.05, 4.69) is 23.5 Å². The predicted molar refractivity (Wildman–Crippen MR) is 89.1 cm³/mol. The summed E-state index contributed by atoms with van der Waals surface area (Å²) in [5, 5.41) is 23.3. The molecule has 2 aliphatic rings. The first-order valence-corrected chi connectivity index (χ1v) is 7.80. The third-order valence-electron chi connectivity index (χ3n) is 4.92. The Hall–Kier alpha value is -2.62. The number of aromatic hydroxyl groups is 2. The average molecular weight is 309 g/mol. The minimum atomic E-state index is 0.0106. The third-order valence-corrected chi connectivity index (χ3v) is 4.92. The van der Waals surface area contributed by atoms with Crippen LogP contribution in [-0.4, -0.2) is 17.3 Å². The summed E-state index contributed by atoms with van der Waals surface area (Å²) in [7, 11) is 1.68. The molecule has 4 nitrogen and oxygen atoms in total. The Bertz CT molecular complexity index is 784. The SMILES string of the molecule is COc1ccc2c(c1)C1C=CCC1C(c1ccc(O)cc1O)N2. The number of phenolic OH excluding ortho intramolecular Hbond substituents is 2. The van der Waals surface area contributed by atoms with Gasteiger partial charge in [0.1, 0.15) is 17.2 Å². The Kier molecular flexibility index (Phi) is 3.18. The van der Waals surface area contributed by atoms with Crippen molar-refractivity contribution in [1.29, 1.82) is 0 Å². The first kappa shape index (κ1) is 14.0. The van der Waals surface area contributed by atoms with Crippen LogP contribution in [0.2, 0.25) is 0 Å². The monoisotopic (exact) mass is 309 g/mol. The molecule has 3 atom stereocenters. The molecule has 1 heterocycles. The van der Waals surface area contributed by atoms with Gasteiger partial charge in [0.05, 0.1) is 13.2 Å². The molecule has 3 N–H and O–H groups in total. The van der Waals surface area contributed by atoms with Crippen molar-refractivity contribution >= 4 is 5.69 Å². The summed E-state index contributed by atoms with van der Waals surface area (Å²) >= 11 is 0. The largest absolute Gasteiger partial charge is 0.508 e. The number of hydrogen-bond donors (Lipinski definition) is 3. The van der Waals surface area contributed by atoms with Gasteiger partial charge in [-0.1, -0.05) is 12.2 Å². The number of anilines is 1. The van der Waals surface area contributed by atoms with E-state index in [0.29, 0.717) is 11.8 Å². The van der Waals surface area contributed by atoms with Gasteiger partial charge in [0, 0.05) is 23.2 Å². The van der Waals surface area contributed by atoms with E-state index in [-0.39, 0.29) is 17.5 Å². The van der Waals surface area contributed by atoms with Gasteiger partial charge < -0.3 is 20.3 Å². The lowest BCUT2D eigenvalue weighted by atomic mass is 9.77. The molecular weight excluding hydrogens is 290 g/mol. The van der Waals surface area contributed by atoms with E-state index >= 15 is 0 Å². The fourth-order valence-corrected chi connectivity index (χ4v) is 3.80. The van der Waals surface area contributed by atoms with Crippen LogP contribution >= 0.6 is 0 Å². The summed E-state index contributed by atoms with van der Waals surface area (Å²) in [5.41, 5.74) is 3.12. The van der Waals surface area contributed by atoms with Crippen LogP contribution in [-0.2, 0) is 0 Å². The molecule has 0 radical (unpaired) electrons. The number of benzene rings is 2. The molecule has 0 aromatic heterocycles. The minimum Gasteiger partial charge on any atom is -0.508 e. The highest BCUT2D eigenvalue weighted by Gasteiger charge is 2.39. The van der Waals surface area contributed by atoms with Crippen LogP contribution in [0.25, 0.3) is 0 Å². The number of allylic oxidation sites excluding steroid dienone is 2. The summed E-state index contributed by atoms with van der Waals surface area (Å²) in [6.07, 6.45) is 5.41. The van der Waals surface area contributed by atoms with E-state index in [1.165, 1.54) is 11.6 Å². The van der Waals surface area contributed by atoms with Gasteiger partial charge in [-0.25, -0.2) is 0 Å². The normalized spacial score (nSPS) is 24.7. The summed E-state index contributed by atoms with van der Waals surface area (Å²) in [5.74, 6) is 1.71. The molecule has 0 fully saturated rings. The van der Waals surface area contributed by atoms with Crippen LogP contribution in [0, 0.1) is 5.92 Å². The summed E-state index contributed by atoms with van der Waals surface area (Å²) in [4.78, 5) is 0. The smallest absolute Gasteiger partial charge is 0.124 e. The van der Waals surface area contributed by atoms with Crippen molar-refractivity contribution < 1.29 is 14.9 Å². The molecule has 0 spiro atoms. The molecule has 0 saturated heterocycles. The zero-order valence-electron chi connectivity index (χ0n) is 12.9. The molecule has 0 amide bonds. The van der Waals surface area contributed by atoms with E-state index in [9.17, 15) is 10.2 Å². The number of nitrogens with one attached hydrogen (secondary N) is 1. The number of methoxy groups -OCH3 is 1. The number of fused-ring (bicyclic) bond motifs is 3. The highest BCUT2D eigenvalue weighted by molar-refractivity contribution is 5.62. The summed E-state index contributed by atoms with van der Waals surface area (Å²) in [6, 6.07) is 10.9. The molecule has 4 rings (SSSR count). The fourth-order valence-electron chi connectivity index (χ4n) is 3.80. The van der Waals surface area contributed by atoms with Gasteiger partial charge in [0.2, 0.25) is 0 Å². The lowest BCUT2D eigenvalue weighted by molar-refractivity contribution is 0.393. The zero-order valence-corrected chi connectivity index (χ0v) is 12.9. The molecule has 118 valence electrons. The molecule has 3 unspecified atom stereocenters. The third kappa shape index (κ3) is 2.22. The first-order chi connectivity index (χ1) is 11.2. The van der Waals surface area contributed by atoms with E-state index < -0.39 is 0 Å². The van der Waals surface area contributed by atoms with E-state index in [1.807, 2.05) is 12.1 Å². The van der Waals surface area contributed by atoms with Crippen molar-refractivity contribution in [2.45, 2.75) is 18.4 Å².